The molecule has 0 unspecified atom stereocenters. The summed E-state index contributed by atoms with van der Waals surface area (Å²) in [4.78, 5) is 28.8. The monoisotopic (exact) mass is 349 g/mol. The SMILES string of the molecule is COCCNc1ccc(C(=O)C(=O)c2ccc(-n3ccnc3)cc2)cc1. The maximum absolute atomic E-state index is 12.4. The van der Waals surface area contributed by atoms with Crippen LogP contribution in [-0.2, 0) is 4.74 Å². The fraction of sp³-hybridized carbons (Fsp3) is 0.150. The van der Waals surface area contributed by atoms with Crippen LogP contribution in [0.25, 0.3) is 5.69 Å². The van der Waals surface area contributed by atoms with Gasteiger partial charge in [-0.2, -0.15) is 0 Å². The van der Waals surface area contributed by atoms with Crippen LogP contribution in [0, 0.1) is 0 Å². The number of ether oxygens (including phenoxy) is 1. The molecule has 3 rings (SSSR count). The Bertz CT molecular complexity index is 870. The molecule has 6 nitrogen and oxygen atoms in total. The predicted molar refractivity (Wildman–Crippen MR) is 99.0 cm³/mol. The fourth-order valence-electron chi connectivity index (χ4n) is 2.50. The van der Waals surface area contributed by atoms with E-state index < -0.39 is 11.6 Å². The van der Waals surface area contributed by atoms with Gasteiger partial charge in [-0.05, 0) is 48.5 Å². The Balaban J connectivity index is 1.68. The second-order valence-electron chi connectivity index (χ2n) is 5.67. The molecule has 0 amide bonds. The highest BCUT2D eigenvalue weighted by Crippen LogP contribution is 2.14. The number of hydrogen-bond acceptors (Lipinski definition) is 5. The van der Waals surface area contributed by atoms with Gasteiger partial charge in [0.25, 0.3) is 0 Å². The number of carbonyl (C=O) groups excluding carboxylic acids is 2. The number of nitrogens with zero attached hydrogens (tertiary/aromatic N) is 2. The lowest BCUT2D eigenvalue weighted by Crippen LogP contribution is -2.14. The molecule has 6 heteroatoms. The average molecular weight is 349 g/mol. The molecule has 0 radical (unpaired) electrons. The van der Waals surface area contributed by atoms with Crippen LogP contribution in [0.4, 0.5) is 5.69 Å². The third-order valence-electron chi connectivity index (χ3n) is 3.92. The molecule has 0 bridgehead atoms. The lowest BCUT2D eigenvalue weighted by molar-refractivity contribution is 0.0817. The van der Waals surface area contributed by atoms with Gasteiger partial charge >= 0.3 is 0 Å². The van der Waals surface area contributed by atoms with Crippen molar-refractivity contribution in [2.24, 2.45) is 0 Å². The van der Waals surface area contributed by atoms with Gasteiger partial charge in [0.1, 0.15) is 0 Å². The molecule has 132 valence electrons. The van der Waals surface area contributed by atoms with Crippen LogP contribution in [0.2, 0.25) is 0 Å². The quantitative estimate of drug-likeness (QED) is 0.384. The number of aromatic nitrogens is 2. The summed E-state index contributed by atoms with van der Waals surface area (Å²) >= 11 is 0. The van der Waals surface area contributed by atoms with E-state index in [1.54, 1.807) is 68.2 Å². The molecule has 0 aliphatic carbocycles. The van der Waals surface area contributed by atoms with E-state index in [0.29, 0.717) is 24.3 Å². The summed E-state index contributed by atoms with van der Waals surface area (Å²) in [6.45, 7) is 1.26. The van der Waals surface area contributed by atoms with E-state index in [1.807, 2.05) is 10.8 Å². The first kappa shape index (κ1) is 17.6. The molecule has 0 aliphatic heterocycles. The molecule has 1 N–H and O–H groups in total. The maximum atomic E-state index is 12.4. The van der Waals surface area contributed by atoms with E-state index in [-0.39, 0.29) is 0 Å². The van der Waals surface area contributed by atoms with Crippen molar-refractivity contribution in [1.82, 2.24) is 9.55 Å². The zero-order valence-corrected chi connectivity index (χ0v) is 14.4. The largest absolute Gasteiger partial charge is 0.383 e. The van der Waals surface area contributed by atoms with Crippen LogP contribution in [0.5, 0.6) is 0 Å². The minimum atomic E-state index is -0.526. The Kier molecular flexibility index (Phi) is 5.56. The standard InChI is InChI=1S/C20H19N3O3/c1-26-13-11-22-17-6-2-15(3-7-17)19(24)20(25)16-4-8-18(9-5-16)23-12-10-21-14-23/h2-10,12,14,22H,11,13H2,1H3. The van der Waals surface area contributed by atoms with Crippen molar-refractivity contribution in [3.8, 4) is 5.69 Å². The van der Waals surface area contributed by atoms with Crippen molar-refractivity contribution in [3.63, 3.8) is 0 Å². The lowest BCUT2D eigenvalue weighted by Gasteiger charge is -2.07. The van der Waals surface area contributed by atoms with Gasteiger partial charge in [0.05, 0.1) is 12.9 Å². The number of ketones is 2. The highest BCUT2D eigenvalue weighted by Gasteiger charge is 2.18. The minimum Gasteiger partial charge on any atom is -0.383 e. The van der Waals surface area contributed by atoms with Gasteiger partial charge in [-0.1, -0.05) is 0 Å². The molecule has 0 saturated heterocycles. The van der Waals surface area contributed by atoms with Crippen molar-refractivity contribution in [3.05, 3.63) is 78.4 Å². The van der Waals surface area contributed by atoms with Crippen molar-refractivity contribution >= 4 is 17.3 Å². The number of benzene rings is 2. The van der Waals surface area contributed by atoms with Gasteiger partial charge in [-0.3, -0.25) is 9.59 Å². The summed E-state index contributed by atoms with van der Waals surface area (Å²) in [5.74, 6) is -1.05. The Morgan fingerprint density at radius 2 is 1.62 bits per heavy atom. The normalized spacial score (nSPS) is 10.5. The zero-order valence-electron chi connectivity index (χ0n) is 14.4. The number of hydrogen-bond donors (Lipinski definition) is 1. The van der Waals surface area contributed by atoms with Crippen LogP contribution < -0.4 is 5.32 Å². The van der Waals surface area contributed by atoms with Gasteiger partial charge in [0, 0.05) is 48.5 Å². The summed E-state index contributed by atoms with van der Waals surface area (Å²) in [7, 11) is 1.64. The third kappa shape index (κ3) is 4.04. The first-order valence-electron chi connectivity index (χ1n) is 8.19. The van der Waals surface area contributed by atoms with Crippen molar-refractivity contribution in [1.29, 1.82) is 0 Å². The molecule has 2 aromatic carbocycles. The van der Waals surface area contributed by atoms with Crippen molar-refractivity contribution in [2.75, 3.05) is 25.6 Å². The van der Waals surface area contributed by atoms with Crippen LogP contribution >= 0.6 is 0 Å². The Morgan fingerprint density at radius 3 is 2.15 bits per heavy atom. The van der Waals surface area contributed by atoms with E-state index in [0.717, 1.165) is 11.4 Å². The van der Waals surface area contributed by atoms with Crippen LogP contribution in [0.1, 0.15) is 20.7 Å². The summed E-state index contributed by atoms with van der Waals surface area (Å²) in [5, 5.41) is 3.16. The van der Waals surface area contributed by atoms with Gasteiger partial charge < -0.3 is 14.6 Å². The minimum absolute atomic E-state index is 0.362. The summed E-state index contributed by atoms with van der Waals surface area (Å²) in [5.41, 5.74) is 2.47. The summed E-state index contributed by atoms with van der Waals surface area (Å²) in [6, 6.07) is 13.7. The maximum Gasteiger partial charge on any atom is 0.233 e. The Morgan fingerprint density at radius 1 is 1.00 bits per heavy atom. The molecule has 1 aromatic heterocycles. The molecular formula is C20H19N3O3. The number of Topliss-reactive ketones (excluding diaryl/α,β-unsaturated/α-hetero) is 2. The van der Waals surface area contributed by atoms with E-state index in [1.165, 1.54) is 0 Å². The highest BCUT2D eigenvalue weighted by molar-refractivity contribution is 6.49. The van der Waals surface area contributed by atoms with Crippen LogP contribution in [0.3, 0.4) is 0 Å². The van der Waals surface area contributed by atoms with Gasteiger partial charge in [-0.15, -0.1) is 0 Å². The second-order valence-corrected chi connectivity index (χ2v) is 5.67. The predicted octanol–water partition coefficient (Wildman–Crippen LogP) is 3.00. The molecule has 0 fully saturated rings. The van der Waals surface area contributed by atoms with Crippen molar-refractivity contribution in [2.45, 2.75) is 0 Å². The molecule has 0 aliphatic rings. The summed E-state index contributed by atoms with van der Waals surface area (Å²) in [6.07, 6.45) is 5.16. The molecular weight excluding hydrogens is 330 g/mol. The van der Waals surface area contributed by atoms with Gasteiger partial charge in [0.2, 0.25) is 11.6 Å². The lowest BCUT2D eigenvalue weighted by atomic mass is 10.0. The molecule has 0 atom stereocenters. The number of methoxy groups -OCH3 is 1. The third-order valence-corrected chi connectivity index (χ3v) is 3.92. The van der Waals surface area contributed by atoms with Crippen molar-refractivity contribution < 1.29 is 14.3 Å². The summed E-state index contributed by atoms with van der Waals surface area (Å²) < 4.78 is 6.80. The second kappa shape index (κ2) is 8.22. The number of nitrogens with one attached hydrogen (secondary N) is 1. The van der Waals surface area contributed by atoms with Crippen LogP contribution in [0.15, 0.2) is 67.3 Å². The first-order valence-corrected chi connectivity index (χ1v) is 8.19. The molecule has 26 heavy (non-hydrogen) atoms. The fourth-order valence-corrected chi connectivity index (χ4v) is 2.50. The zero-order chi connectivity index (χ0) is 18.4. The molecule has 0 spiro atoms. The first-order chi connectivity index (χ1) is 12.7. The average Bonchev–Trinajstić information content (AvgIpc) is 3.23. The molecule has 1 heterocycles. The molecule has 3 aromatic rings. The molecule has 0 saturated carbocycles. The number of carbonyl (C=O) groups is 2. The Labute approximate surface area is 151 Å². The smallest absolute Gasteiger partial charge is 0.233 e. The van der Waals surface area contributed by atoms with Gasteiger partial charge in [0.15, 0.2) is 0 Å². The number of rotatable bonds is 8. The number of anilines is 1. The van der Waals surface area contributed by atoms with Gasteiger partial charge in [-0.25, -0.2) is 4.98 Å². The van der Waals surface area contributed by atoms with E-state index in [4.69, 9.17) is 4.74 Å². The van der Waals surface area contributed by atoms with E-state index in [9.17, 15) is 9.59 Å². The van der Waals surface area contributed by atoms with E-state index in [2.05, 4.69) is 10.3 Å². The Hall–Kier alpha value is -3.25. The van der Waals surface area contributed by atoms with E-state index >= 15 is 0 Å². The van der Waals surface area contributed by atoms with Crippen LogP contribution in [-0.4, -0.2) is 41.4 Å². The highest BCUT2D eigenvalue weighted by atomic mass is 16.5. The number of imidazole rings is 1. The topological polar surface area (TPSA) is 73.2 Å².